The van der Waals surface area contributed by atoms with Crippen LogP contribution in [0.25, 0.3) is 0 Å². The molecule has 0 aliphatic carbocycles. The summed E-state index contributed by atoms with van der Waals surface area (Å²) in [6.45, 7) is 2.83. The second-order valence-electron chi connectivity index (χ2n) is 2.00. The molecule has 0 fully saturated rings. The van der Waals surface area contributed by atoms with Crippen LogP contribution < -0.4 is 5.32 Å². The molecule has 0 aliphatic rings. The van der Waals surface area contributed by atoms with E-state index in [-0.39, 0.29) is 19.1 Å². The van der Waals surface area contributed by atoms with Gasteiger partial charge in [-0.2, -0.15) is 5.26 Å². The Morgan fingerprint density at radius 2 is 2.45 bits per heavy atom. The average molecular weight is 156 g/mol. The fourth-order valence-corrected chi connectivity index (χ4v) is 0.531. The monoisotopic (exact) mass is 156 g/mol. The van der Waals surface area contributed by atoms with Crippen LogP contribution >= 0.6 is 0 Å². The smallest absolute Gasteiger partial charge is 0.320 e. The van der Waals surface area contributed by atoms with E-state index in [0.29, 0.717) is 0 Å². The summed E-state index contributed by atoms with van der Waals surface area (Å²) in [6, 6.07) is 1.72. The molecule has 0 unspecified atom stereocenters. The van der Waals surface area contributed by atoms with Crippen LogP contribution in [0.15, 0.2) is 0 Å². The second-order valence-corrected chi connectivity index (χ2v) is 2.00. The Morgan fingerprint density at radius 1 is 1.73 bits per heavy atom. The van der Waals surface area contributed by atoms with E-state index in [4.69, 9.17) is 5.26 Å². The summed E-state index contributed by atoms with van der Waals surface area (Å²) < 4.78 is 4.48. The van der Waals surface area contributed by atoms with Gasteiger partial charge in [0.2, 0.25) is 0 Å². The minimum atomic E-state index is -0.375. The largest absolute Gasteiger partial charge is 0.449 e. The number of nitriles is 1. The quantitative estimate of drug-likeness (QED) is 0.451. The summed E-state index contributed by atoms with van der Waals surface area (Å²) in [5.74, 6) is -0.375. The zero-order valence-corrected chi connectivity index (χ0v) is 6.59. The highest BCUT2D eigenvalue weighted by atomic mass is 16.5. The van der Waals surface area contributed by atoms with Gasteiger partial charge < -0.3 is 10.1 Å². The number of carbonyl (C=O) groups excluding carboxylic acids is 1. The Balaban J connectivity index is 3.17. The number of hydrogen-bond donors (Lipinski definition) is 1. The molecule has 0 amide bonds. The van der Waals surface area contributed by atoms with Gasteiger partial charge in [-0.15, -0.1) is 0 Å². The van der Waals surface area contributed by atoms with Gasteiger partial charge in [-0.3, -0.25) is 4.79 Å². The van der Waals surface area contributed by atoms with E-state index in [1.807, 2.05) is 6.92 Å². The van der Waals surface area contributed by atoms with Crippen LogP contribution in [0, 0.1) is 11.3 Å². The number of hydrogen-bond acceptors (Lipinski definition) is 4. The Labute approximate surface area is 66.1 Å². The summed E-state index contributed by atoms with van der Waals surface area (Å²) in [4.78, 5) is 10.6. The van der Waals surface area contributed by atoms with Crippen molar-refractivity contribution in [2.45, 2.75) is 13.3 Å². The van der Waals surface area contributed by atoms with E-state index in [0.717, 1.165) is 13.0 Å². The number of nitrogens with zero attached hydrogens (tertiary/aromatic N) is 1. The van der Waals surface area contributed by atoms with Gasteiger partial charge in [0.1, 0.15) is 6.07 Å². The molecule has 0 atom stereocenters. The molecule has 11 heavy (non-hydrogen) atoms. The van der Waals surface area contributed by atoms with Crippen molar-refractivity contribution in [1.29, 1.82) is 5.26 Å². The molecule has 4 nitrogen and oxygen atoms in total. The second kappa shape index (κ2) is 7.03. The first-order valence-corrected chi connectivity index (χ1v) is 3.54. The molecule has 0 bridgehead atoms. The van der Waals surface area contributed by atoms with Crippen molar-refractivity contribution >= 4 is 5.97 Å². The number of ether oxygens (including phenoxy) is 1. The Bertz CT molecular complexity index is 151. The molecule has 0 saturated heterocycles. The lowest BCUT2D eigenvalue weighted by atomic mass is 10.5. The molecule has 0 heterocycles. The minimum Gasteiger partial charge on any atom is -0.449 e. The van der Waals surface area contributed by atoms with Crippen molar-refractivity contribution in [2.24, 2.45) is 0 Å². The van der Waals surface area contributed by atoms with Gasteiger partial charge in [0.25, 0.3) is 0 Å². The number of esters is 1. The number of carbonyl (C=O) groups is 1. The average Bonchev–Trinajstić information content (AvgIpc) is 2.01. The van der Waals surface area contributed by atoms with Gasteiger partial charge in [0, 0.05) is 0 Å². The highest BCUT2D eigenvalue weighted by Crippen LogP contribution is 1.75. The summed E-state index contributed by atoms with van der Waals surface area (Å²) in [5, 5.41) is 10.9. The van der Waals surface area contributed by atoms with Crippen LogP contribution in [-0.4, -0.2) is 25.7 Å². The van der Waals surface area contributed by atoms with E-state index in [1.54, 1.807) is 6.07 Å². The normalized spacial score (nSPS) is 8.73. The fraction of sp³-hybridized carbons (Fsp3) is 0.714. The van der Waals surface area contributed by atoms with Crippen molar-refractivity contribution in [2.75, 3.05) is 19.7 Å². The maximum absolute atomic E-state index is 10.6. The highest BCUT2D eigenvalue weighted by Gasteiger charge is 1.98. The van der Waals surface area contributed by atoms with Crippen LogP contribution in [0.3, 0.4) is 0 Å². The summed E-state index contributed by atoms with van der Waals surface area (Å²) in [6.07, 6.45) is 0.978. The van der Waals surface area contributed by atoms with Crippen LogP contribution in [0.2, 0.25) is 0 Å². The molecule has 0 aromatic carbocycles. The minimum absolute atomic E-state index is 0.160. The molecule has 0 aromatic heterocycles. The fourth-order valence-electron chi connectivity index (χ4n) is 0.531. The van der Waals surface area contributed by atoms with Crippen molar-refractivity contribution in [3.05, 3.63) is 0 Å². The van der Waals surface area contributed by atoms with Crippen LogP contribution in [0.4, 0.5) is 0 Å². The molecular formula is C7H12N2O2. The van der Waals surface area contributed by atoms with E-state index in [9.17, 15) is 4.79 Å². The van der Waals surface area contributed by atoms with Crippen molar-refractivity contribution in [3.8, 4) is 6.07 Å². The topological polar surface area (TPSA) is 62.1 Å². The standard InChI is InChI=1S/C7H12N2O2/c1-2-4-9-6-7(10)11-5-3-8/h9H,2,4-6H2,1H3. The Hall–Kier alpha value is -1.08. The van der Waals surface area contributed by atoms with Gasteiger partial charge in [0.15, 0.2) is 6.61 Å². The first-order chi connectivity index (χ1) is 5.31. The first-order valence-electron chi connectivity index (χ1n) is 3.54. The van der Waals surface area contributed by atoms with E-state index in [2.05, 4.69) is 10.1 Å². The van der Waals surface area contributed by atoms with E-state index in [1.165, 1.54) is 0 Å². The summed E-state index contributed by atoms with van der Waals surface area (Å²) in [5.41, 5.74) is 0. The molecule has 1 N–H and O–H groups in total. The van der Waals surface area contributed by atoms with Gasteiger partial charge in [-0.25, -0.2) is 0 Å². The van der Waals surface area contributed by atoms with E-state index < -0.39 is 0 Å². The molecule has 0 aliphatic heterocycles. The highest BCUT2D eigenvalue weighted by molar-refractivity contribution is 5.71. The lowest BCUT2D eigenvalue weighted by molar-refractivity contribution is -0.141. The van der Waals surface area contributed by atoms with Crippen molar-refractivity contribution in [3.63, 3.8) is 0 Å². The maximum Gasteiger partial charge on any atom is 0.320 e. The number of rotatable bonds is 5. The lowest BCUT2D eigenvalue weighted by Crippen LogP contribution is -2.25. The predicted octanol–water partition coefficient (Wildman–Crippen LogP) is 0.0528. The van der Waals surface area contributed by atoms with Gasteiger partial charge in [0.05, 0.1) is 6.54 Å². The first kappa shape index (κ1) is 9.92. The van der Waals surface area contributed by atoms with Crippen LogP contribution in [0.1, 0.15) is 13.3 Å². The molecule has 0 saturated carbocycles. The lowest BCUT2D eigenvalue weighted by Gasteiger charge is -2.00. The molecule has 0 aromatic rings. The maximum atomic E-state index is 10.6. The molecular weight excluding hydrogens is 144 g/mol. The zero-order valence-electron chi connectivity index (χ0n) is 6.59. The van der Waals surface area contributed by atoms with Gasteiger partial charge in [-0.05, 0) is 13.0 Å². The van der Waals surface area contributed by atoms with E-state index >= 15 is 0 Å². The van der Waals surface area contributed by atoms with Gasteiger partial charge in [-0.1, -0.05) is 6.92 Å². The van der Waals surface area contributed by atoms with Crippen molar-refractivity contribution in [1.82, 2.24) is 5.32 Å². The van der Waals surface area contributed by atoms with Crippen LogP contribution in [-0.2, 0) is 9.53 Å². The molecule has 0 rings (SSSR count). The SMILES string of the molecule is CCCNCC(=O)OCC#N. The Kier molecular flexibility index (Phi) is 6.34. The molecule has 4 heteroatoms. The third-order valence-corrected chi connectivity index (χ3v) is 0.994. The zero-order chi connectivity index (χ0) is 8.53. The predicted molar refractivity (Wildman–Crippen MR) is 39.7 cm³/mol. The third kappa shape index (κ3) is 6.81. The molecule has 62 valence electrons. The summed E-state index contributed by atoms with van der Waals surface area (Å²) in [7, 11) is 0. The third-order valence-electron chi connectivity index (χ3n) is 0.994. The molecule has 0 radical (unpaired) electrons. The van der Waals surface area contributed by atoms with Crippen molar-refractivity contribution < 1.29 is 9.53 Å². The van der Waals surface area contributed by atoms with Gasteiger partial charge >= 0.3 is 5.97 Å². The number of nitrogens with one attached hydrogen (secondary N) is 1. The summed E-state index contributed by atoms with van der Waals surface area (Å²) >= 11 is 0. The Morgan fingerprint density at radius 3 is 3.00 bits per heavy atom. The van der Waals surface area contributed by atoms with Crippen LogP contribution in [0.5, 0.6) is 0 Å². The molecule has 0 spiro atoms.